The fourth-order valence-electron chi connectivity index (χ4n) is 5.62. The predicted octanol–water partition coefficient (Wildman–Crippen LogP) is 7.30. The average Bonchev–Trinajstić information content (AvgIpc) is 3.47. The van der Waals surface area contributed by atoms with Crippen molar-refractivity contribution in [3.8, 4) is 16.8 Å². The van der Waals surface area contributed by atoms with Crippen molar-refractivity contribution >= 4 is 29.6 Å². The molecule has 2 N–H and O–H groups in total. The molecule has 4 aromatic rings. The summed E-state index contributed by atoms with van der Waals surface area (Å²) >= 11 is 6.47. The molecule has 2 aliphatic rings. The molecule has 2 amide bonds. The number of aromatic nitrogens is 5. The number of carbonyl (C=O) groups excluding carboxylic acids is 2. The number of fused-ring (bicyclic) bond motifs is 4. The first-order valence-corrected chi connectivity index (χ1v) is 16.6. The van der Waals surface area contributed by atoms with Crippen LogP contribution in [-0.2, 0) is 4.74 Å². The van der Waals surface area contributed by atoms with Gasteiger partial charge < -0.3 is 15.4 Å². The molecular weight excluding hydrogens is 739 g/mol. The van der Waals surface area contributed by atoms with Crippen molar-refractivity contribution in [2.24, 2.45) is 10.9 Å². The van der Waals surface area contributed by atoms with E-state index in [9.17, 15) is 31.5 Å². The number of hydrogen-bond donors (Lipinski definition) is 2. The largest absolute Gasteiger partial charge is 0.447 e. The SMILES string of the molecule is CC(C)CCN/C1=N\C(F)c2ncnn2-c2cc(ccc2Cl)[C@@H](COC(=O)NC2(C(F)(F)F)CC2)N1C(=O)c1ccc(-c2cnn(C(F)F)c2)cc1F. The van der Waals surface area contributed by atoms with E-state index < -0.39 is 66.5 Å². The first-order valence-electron chi connectivity index (χ1n) is 16.2. The molecule has 1 unspecified atom stereocenters. The number of rotatable bonds is 9. The molecule has 53 heavy (non-hydrogen) atoms. The van der Waals surface area contributed by atoms with Gasteiger partial charge in [-0.25, -0.2) is 32.9 Å². The van der Waals surface area contributed by atoms with E-state index in [1.807, 2.05) is 19.2 Å². The number of guanidine groups is 1. The summed E-state index contributed by atoms with van der Waals surface area (Å²) in [5.74, 6) is -2.94. The molecule has 12 nitrogen and oxygen atoms in total. The maximum absolute atomic E-state index is 16.2. The van der Waals surface area contributed by atoms with E-state index in [1.165, 1.54) is 24.3 Å². The lowest BCUT2D eigenvalue weighted by Crippen LogP contribution is -2.51. The van der Waals surface area contributed by atoms with E-state index >= 15 is 8.78 Å². The van der Waals surface area contributed by atoms with Crippen LogP contribution in [0.3, 0.4) is 0 Å². The average molecular weight is 770 g/mol. The third-order valence-corrected chi connectivity index (χ3v) is 9.03. The Morgan fingerprint density at radius 3 is 2.49 bits per heavy atom. The highest BCUT2D eigenvalue weighted by atomic mass is 35.5. The zero-order chi connectivity index (χ0) is 38.2. The zero-order valence-electron chi connectivity index (χ0n) is 27.9. The van der Waals surface area contributed by atoms with Gasteiger partial charge in [0.1, 0.15) is 24.3 Å². The van der Waals surface area contributed by atoms with E-state index in [0.29, 0.717) is 11.1 Å². The number of aliphatic imine (C=N–C) groups is 1. The van der Waals surface area contributed by atoms with Gasteiger partial charge in [-0.2, -0.15) is 32.1 Å². The molecule has 0 radical (unpaired) electrons. The maximum Gasteiger partial charge on any atom is 0.411 e. The highest BCUT2D eigenvalue weighted by molar-refractivity contribution is 6.32. The molecule has 1 aliphatic carbocycles. The van der Waals surface area contributed by atoms with Gasteiger partial charge in [-0.15, -0.1) is 0 Å². The van der Waals surface area contributed by atoms with Crippen molar-refractivity contribution in [1.82, 2.24) is 40.1 Å². The van der Waals surface area contributed by atoms with Crippen molar-refractivity contribution < 1.29 is 45.1 Å². The predicted molar refractivity (Wildman–Crippen MR) is 175 cm³/mol. The number of nitrogens with zero attached hydrogens (tertiary/aromatic N) is 7. The molecule has 3 heterocycles. The summed E-state index contributed by atoms with van der Waals surface area (Å²) in [5, 5.41) is 12.4. The lowest BCUT2D eigenvalue weighted by Gasteiger charge is -2.34. The van der Waals surface area contributed by atoms with E-state index in [1.54, 1.807) is 0 Å². The molecule has 2 aromatic heterocycles. The summed E-state index contributed by atoms with van der Waals surface area (Å²) in [4.78, 5) is 36.4. The van der Waals surface area contributed by atoms with Gasteiger partial charge in [-0.05, 0) is 60.6 Å². The first-order chi connectivity index (χ1) is 25.1. The Balaban J connectivity index is 1.46. The molecule has 6 rings (SSSR count). The normalized spacial score (nSPS) is 19.0. The molecule has 282 valence electrons. The first kappa shape index (κ1) is 37.6. The second-order valence-corrected chi connectivity index (χ2v) is 13.2. The molecule has 20 heteroatoms. The monoisotopic (exact) mass is 769 g/mol. The standard InChI is InChI=1S/C33H31ClF7N9O3/c1-17(2)7-10-42-30-46-26(36)27-43-16-45-50(27)24-12-19(4-6-22(24)34)25(15-53-31(52)47-32(8-9-32)33(39,40)41)49(30)28(51)21-5-3-18(11-23(21)35)20-13-44-48(14-20)29(37)38/h3-6,11-14,16-17,25-26,29H,7-10,15H2,1-2H3,(H,42,46)(H,47,52)/t25-,26?/m1/s1. The minimum atomic E-state index is -4.76. The number of ether oxygens (including phenoxy) is 1. The second-order valence-electron chi connectivity index (χ2n) is 12.8. The minimum Gasteiger partial charge on any atom is -0.447 e. The van der Waals surface area contributed by atoms with Gasteiger partial charge in [-0.3, -0.25) is 9.69 Å². The molecule has 1 fully saturated rings. The van der Waals surface area contributed by atoms with Gasteiger partial charge in [0.25, 0.3) is 12.2 Å². The number of carbonyl (C=O) groups is 2. The van der Waals surface area contributed by atoms with E-state index in [4.69, 9.17) is 16.3 Å². The van der Waals surface area contributed by atoms with Crippen LogP contribution in [0.25, 0.3) is 16.8 Å². The molecule has 2 atom stereocenters. The minimum absolute atomic E-state index is 0.0560. The van der Waals surface area contributed by atoms with Crippen molar-refractivity contribution in [3.05, 3.63) is 82.9 Å². The van der Waals surface area contributed by atoms with Crippen LogP contribution in [-0.4, -0.2) is 72.3 Å². The number of benzene rings is 2. The molecule has 2 aromatic carbocycles. The van der Waals surface area contributed by atoms with E-state index in [0.717, 1.165) is 40.4 Å². The summed E-state index contributed by atoms with van der Waals surface area (Å²) in [5.41, 5.74) is -2.64. The molecular formula is C33H31ClF7N9O3. The second kappa shape index (κ2) is 14.7. The summed E-state index contributed by atoms with van der Waals surface area (Å²) in [6, 6.07) is 5.95. The Bertz CT molecular complexity index is 2030. The van der Waals surface area contributed by atoms with Crippen LogP contribution in [0, 0.1) is 11.7 Å². The summed E-state index contributed by atoms with van der Waals surface area (Å²) in [6.07, 6.45) is -5.66. The Labute approximate surface area is 302 Å². The summed E-state index contributed by atoms with van der Waals surface area (Å²) in [7, 11) is 0. The van der Waals surface area contributed by atoms with Crippen molar-refractivity contribution in [2.75, 3.05) is 13.2 Å². The van der Waals surface area contributed by atoms with Gasteiger partial charge in [0.15, 0.2) is 5.82 Å². The van der Waals surface area contributed by atoms with Crippen LogP contribution in [0.1, 0.15) is 73.7 Å². The fraction of sp³-hybridized carbons (Fsp3) is 0.394. The maximum atomic E-state index is 16.2. The van der Waals surface area contributed by atoms with E-state index in [2.05, 4.69) is 25.5 Å². The van der Waals surface area contributed by atoms with Crippen LogP contribution in [0.2, 0.25) is 5.02 Å². The number of halogens is 8. The summed E-state index contributed by atoms with van der Waals surface area (Å²) in [6.45, 7) is 0.135. The van der Waals surface area contributed by atoms with Crippen LogP contribution >= 0.6 is 11.6 Å². The molecule has 1 aliphatic heterocycles. The van der Waals surface area contributed by atoms with Crippen LogP contribution in [0.5, 0.6) is 0 Å². The molecule has 0 saturated heterocycles. The Morgan fingerprint density at radius 1 is 1.09 bits per heavy atom. The lowest BCUT2D eigenvalue weighted by molar-refractivity contribution is -0.164. The fourth-order valence-corrected chi connectivity index (χ4v) is 5.81. The highest BCUT2D eigenvalue weighted by Crippen LogP contribution is 2.49. The summed E-state index contributed by atoms with van der Waals surface area (Å²) < 4.78 is 106. The number of alkyl carbamates (subject to hydrolysis) is 1. The molecule has 0 spiro atoms. The van der Waals surface area contributed by atoms with Crippen molar-refractivity contribution in [3.63, 3.8) is 0 Å². The van der Waals surface area contributed by atoms with E-state index in [-0.39, 0.29) is 58.5 Å². The highest BCUT2D eigenvalue weighted by Gasteiger charge is 2.64. The Kier molecular flexibility index (Phi) is 10.4. The Hall–Kier alpha value is -5.20. The van der Waals surface area contributed by atoms with Gasteiger partial charge in [0.2, 0.25) is 5.96 Å². The molecule has 2 bridgehead atoms. The van der Waals surface area contributed by atoms with Crippen molar-refractivity contribution in [2.45, 2.75) is 63.7 Å². The van der Waals surface area contributed by atoms with Gasteiger partial charge in [0, 0.05) is 18.3 Å². The van der Waals surface area contributed by atoms with Crippen LogP contribution in [0.15, 0.2) is 60.1 Å². The number of amides is 2. The van der Waals surface area contributed by atoms with Crippen molar-refractivity contribution in [1.29, 1.82) is 0 Å². The third kappa shape index (κ3) is 7.79. The van der Waals surface area contributed by atoms with Gasteiger partial charge in [-0.1, -0.05) is 37.6 Å². The third-order valence-electron chi connectivity index (χ3n) is 8.71. The number of hydrogen-bond acceptors (Lipinski definition) is 8. The topological polar surface area (TPSA) is 132 Å². The quantitative estimate of drug-likeness (QED) is 0.135. The lowest BCUT2D eigenvalue weighted by atomic mass is 10.0. The number of nitrogens with one attached hydrogen (secondary N) is 2. The number of alkyl halides is 6. The Morgan fingerprint density at radius 2 is 1.85 bits per heavy atom. The molecule has 1 saturated carbocycles. The smallest absolute Gasteiger partial charge is 0.411 e. The zero-order valence-corrected chi connectivity index (χ0v) is 28.7. The van der Waals surface area contributed by atoms with Gasteiger partial charge in [0.05, 0.1) is 28.5 Å². The van der Waals surface area contributed by atoms with Crippen LogP contribution < -0.4 is 10.6 Å². The van der Waals surface area contributed by atoms with Gasteiger partial charge >= 0.3 is 18.8 Å². The van der Waals surface area contributed by atoms with Crippen LogP contribution in [0.4, 0.5) is 35.5 Å².